The van der Waals surface area contributed by atoms with Gasteiger partial charge in [0.1, 0.15) is 6.61 Å². The van der Waals surface area contributed by atoms with Crippen LogP contribution in [0.3, 0.4) is 0 Å². The molecule has 0 radical (unpaired) electrons. The van der Waals surface area contributed by atoms with E-state index < -0.39 is 17.6 Å². The lowest BCUT2D eigenvalue weighted by molar-refractivity contribution is -0.137. The van der Waals surface area contributed by atoms with Gasteiger partial charge in [-0.2, -0.15) is 13.2 Å². The molecule has 0 atom stereocenters. The maximum absolute atomic E-state index is 13.1. The average molecular weight is 536 g/mol. The van der Waals surface area contributed by atoms with Crippen LogP contribution >= 0.6 is 35.6 Å². The highest BCUT2D eigenvalue weighted by Crippen LogP contribution is 2.41. The van der Waals surface area contributed by atoms with E-state index in [1.165, 1.54) is 19.2 Å². The summed E-state index contributed by atoms with van der Waals surface area (Å²) in [5.74, 6) is 0.193. The summed E-state index contributed by atoms with van der Waals surface area (Å²) in [6, 6.07) is 17.3. The number of nitrogens with zero attached hydrogens (tertiary/aromatic N) is 1. The van der Waals surface area contributed by atoms with Crippen molar-refractivity contribution in [1.82, 2.24) is 0 Å². The number of benzene rings is 3. The Balaban J connectivity index is 1.59. The third-order valence-corrected chi connectivity index (χ3v) is 6.58. The Bertz CT molecular complexity index is 1310. The fourth-order valence-corrected chi connectivity index (χ4v) is 4.93. The van der Waals surface area contributed by atoms with Crippen LogP contribution in [0.1, 0.15) is 16.7 Å². The summed E-state index contributed by atoms with van der Waals surface area (Å²) in [5, 5.41) is 0.278. The molecule has 0 unspecified atom stereocenters. The van der Waals surface area contributed by atoms with Crippen molar-refractivity contribution >= 4 is 57.6 Å². The second-order valence-electron chi connectivity index (χ2n) is 7.37. The smallest absolute Gasteiger partial charge is 0.416 e. The van der Waals surface area contributed by atoms with Gasteiger partial charge in [-0.25, -0.2) is 0 Å². The first kappa shape index (κ1) is 25.1. The molecule has 0 aliphatic carbocycles. The van der Waals surface area contributed by atoms with E-state index in [0.29, 0.717) is 17.1 Å². The monoisotopic (exact) mass is 535 g/mol. The molecule has 35 heavy (non-hydrogen) atoms. The summed E-state index contributed by atoms with van der Waals surface area (Å²) in [6.45, 7) is 0.284. The maximum atomic E-state index is 13.1. The molecule has 0 bridgehead atoms. The van der Waals surface area contributed by atoms with Crippen LogP contribution in [-0.2, 0) is 17.6 Å². The molecule has 1 heterocycles. The van der Waals surface area contributed by atoms with E-state index in [4.69, 9.17) is 33.3 Å². The van der Waals surface area contributed by atoms with Gasteiger partial charge in [0, 0.05) is 0 Å². The van der Waals surface area contributed by atoms with Crippen molar-refractivity contribution < 1.29 is 27.4 Å². The Kier molecular flexibility index (Phi) is 7.39. The molecule has 4 nitrogen and oxygen atoms in total. The SMILES string of the molecule is COc1cc(/C=C2/SC(=S)N(c3cccc(C(F)(F)F)c3)C2=O)cc(Cl)c1OCc1ccccc1. The molecule has 10 heteroatoms. The van der Waals surface area contributed by atoms with Crippen LogP contribution in [0.25, 0.3) is 6.08 Å². The molecule has 3 aromatic rings. The lowest BCUT2D eigenvalue weighted by Crippen LogP contribution is -2.27. The Hall–Kier alpha value is -3.01. The van der Waals surface area contributed by atoms with Crippen LogP contribution in [0, 0.1) is 0 Å². The lowest BCUT2D eigenvalue weighted by Gasteiger charge is -2.16. The molecule has 0 spiro atoms. The van der Waals surface area contributed by atoms with Crippen molar-refractivity contribution in [2.24, 2.45) is 0 Å². The number of ether oxygens (including phenoxy) is 2. The molecule has 1 amide bonds. The molecular formula is C25H17ClF3NO3S2. The van der Waals surface area contributed by atoms with Gasteiger partial charge in [0.25, 0.3) is 5.91 Å². The van der Waals surface area contributed by atoms with Crippen LogP contribution in [0.4, 0.5) is 18.9 Å². The third-order valence-electron chi connectivity index (χ3n) is 5.00. The third kappa shape index (κ3) is 5.63. The van der Waals surface area contributed by atoms with Gasteiger partial charge in [0.05, 0.1) is 28.3 Å². The summed E-state index contributed by atoms with van der Waals surface area (Å²) in [6.07, 6.45) is -2.98. The largest absolute Gasteiger partial charge is 0.493 e. The van der Waals surface area contributed by atoms with E-state index in [1.54, 1.807) is 18.2 Å². The Morgan fingerprint density at radius 1 is 1.09 bits per heavy atom. The quantitative estimate of drug-likeness (QED) is 0.244. The molecule has 0 N–H and O–H groups in total. The van der Waals surface area contributed by atoms with Crippen molar-refractivity contribution in [2.45, 2.75) is 12.8 Å². The maximum Gasteiger partial charge on any atom is 0.416 e. The van der Waals surface area contributed by atoms with E-state index >= 15 is 0 Å². The Morgan fingerprint density at radius 2 is 1.83 bits per heavy atom. The summed E-state index contributed by atoms with van der Waals surface area (Å²) in [5.41, 5.74) is 0.679. The molecule has 3 aromatic carbocycles. The summed E-state index contributed by atoms with van der Waals surface area (Å²) >= 11 is 12.7. The van der Waals surface area contributed by atoms with E-state index in [9.17, 15) is 18.0 Å². The van der Waals surface area contributed by atoms with Crippen molar-refractivity contribution in [2.75, 3.05) is 12.0 Å². The van der Waals surface area contributed by atoms with Crippen LogP contribution in [0.5, 0.6) is 11.5 Å². The highest BCUT2D eigenvalue weighted by atomic mass is 35.5. The number of amides is 1. The Labute approximate surface area is 214 Å². The van der Waals surface area contributed by atoms with Gasteiger partial charge in [0.2, 0.25) is 0 Å². The van der Waals surface area contributed by atoms with Crippen molar-refractivity contribution in [3.63, 3.8) is 0 Å². The number of thiocarbonyl (C=S) groups is 1. The fourth-order valence-electron chi connectivity index (χ4n) is 3.36. The predicted molar refractivity (Wildman–Crippen MR) is 136 cm³/mol. The normalized spacial score (nSPS) is 15.1. The van der Waals surface area contributed by atoms with Crippen molar-refractivity contribution in [3.05, 3.63) is 93.3 Å². The highest BCUT2D eigenvalue weighted by molar-refractivity contribution is 8.27. The van der Waals surface area contributed by atoms with Crippen molar-refractivity contribution in [3.8, 4) is 11.5 Å². The zero-order valence-corrected chi connectivity index (χ0v) is 20.5. The number of anilines is 1. The number of thioether (sulfide) groups is 1. The number of alkyl halides is 3. The summed E-state index contributed by atoms with van der Waals surface area (Å²) in [4.78, 5) is 14.3. The number of hydrogen-bond donors (Lipinski definition) is 0. The van der Waals surface area contributed by atoms with Gasteiger partial charge in [-0.3, -0.25) is 9.69 Å². The van der Waals surface area contributed by atoms with E-state index in [2.05, 4.69) is 0 Å². The summed E-state index contributed by atoms with van der Waals surface area (Å²) in [7, 11) is 1.47. The van der Waals surface area contributed by atoms with Gasteiger partial charge in [-0.1, -0.05) is 72.0 Å². The van der Waals surface area contributed by atoms with E-state index in [-0.39, 0.29) is 26.5 Å². The Morgan fingerprint density at radius 3 is 2.51 bits per heavy atom. The van der Waals surface area contributed by atoms with E-state index in [1.807, 2.05) is 30.3 Å². The zero-order chi connectivity index (χ0) is 25.2. The van der Waals surface area contributed by atoms with Crippen molar-refractivity contribution in [1.29, 1.82) is 0 Å². The minimum atomic E-state index is -4.54. The van der Waals surface area contributed by atoms with Crippen LogP contribution in [0.2, 0.25) is 5.02 Å². The molecule has 0 aromatic heterocycles. The number of rotatable bonds is 6. The molecular weight excluding hydrogens is 519 g/mol. The van der Waals surface area contributed by atoms with Gasteiger partial charge < -0.3 is 9.47 Å². The number of halogens is 4. The van der Waals surface area contributed by atoms with Crippen LogP contribution in [0.15, 0.2) is 71.6 Å². The van der Waals surface area contributed by atoms with Crippen LogP contribution < -0.4 is 14.4 Å². The first-order valence-electron chi connectivity index (χ1n) is 10.2. The van der Waals surface area contributed by atoms with Gasteiger partial charge >= 0.3 is 6.18 Å². The predicted octanol–water partition coefficient (Wildman–Crippen LogP) is 7.35. The van der Waals surface area contributed by atoms with Gasteiger partial charge in [-0.15, -0.1) is 0 Å². The first-order chi connectivity index (χ1) is 16.7. The van der Waals surface area contributed by atoms with Crippen LogP contribution in [-0.4, -0.2) is 17.3 Å². The number of carbonyl (C=O) groups excluding carboxylic acids is 1. The number of methoxy groups -OCH3 is 1. The number of carbonyl (C=O) groups is 1. The molecule has 1 aliphatic heterocycles. The molecule has 180 valence electrons. The molecule has 0 saturated carbocycles. The van der Waals surface area contributed by atoms with E-state index in [0.717, 1.165) is 34.4 Å². The molecule has 1 saturated heterocycles. The summed E-state index contributed by atoms with van der Waals surface area (Å²) < 4.78 is 50.8. The van der Waals surface area contributed by atoms with Gasteiger partial charge in [-0.05, 0) is 47.5 Å². The standard InChI is InChI=1S/C25H17ClF3NO3S2/c1-32-20-11-16(10-19(26)22(20)33-14-15-6-3-2-4-7-15)12-21-23(31)30(24(34)35-21)18-9-5-8-17(13-18)25(27,28)29/h2-13H,14H2,1H3/b21-12+. The average Bonchev–Trinajstić information content (AvgIpc) is 3.10. The molecule has 1 fully saturated rings. The lowest BCUT2D eigenvalue weighted by atomic mass is 10.1. The number of hydrogen-bond acceptors (Lipinski definition) is 5. The molecule has 1 aliphatic rings. The zero-order valence-electron chi connectivity index (χ0n) is 18.1. The fraction of sp³-hybridized carbons (Fsp3) is 0.120. The minimum absolute atomic E-state index is 0.0472. The second-order valence-corrected chi connectivity index (χ2v) is 9.46. The van der Waals surface area contributed by atoms with Gasteiger partial charge in [0.15, 0.2) is 15.8 Å². The minimum Gasteiger partial charge on any atom is -0.493 e. The molecule has 4 rings (SSSR count). The second kappa shape index (κ2) is 10.3. The highest BCUT2D eigenvalue weighted by Gasteiger charge is 2.36. The first-order valence-corrected chi connectivity index (χ1v) is 11.8. The topological polar surface area (TPSA) is 38.8 Å².